The number of unbranched alkanes of at least 4 members (excludes halogenated alkanes) is 37. The van der Waals surface area contributed by atoms with Gasteiger partial charge in [-0.3, -0.25) is 23.4 Å². The number of phosphoric ester groups is 1. The van der Waals surface area contributed by atoms with Crippen molar-refractivity contribution in [3.8, 4) is 0 Å². The van der Waals surface area contributed by atoms with E-state index in [1.807, 2.05) is 0 Å². The van der Waals surface area contributed by atoms with E-state index in [0.717, 1.165) is 89.9 Å². The molecule has 0 saturated carbocycles. The zero-order valence-electron chi connectivity index (χ0n) is 53.2. The summed E-state index contributed by atoms with van der Waals surface area (Å²) in [6, 6.07) is 0. The van der Waals surface area contributed by atoms with Crippen molar-refractivity contribution in [2.24, 2.45) is 0 Å². The van der Waals surface area contributed by atoms with Gasteiger partial charge in [-0.15, -0.1) is 0 Å². The molecule has 0 heterocycles. The van der Waals surface area contributed by atoms with Crippen molar-refractivity contribution < 1.29 is 52.2 Å². The van der Waals surface area contributed by atoms with E-state index in [4.69, 9.17) is 23.3 Å². The molecule has 0 rings (SSSR count). The molecule has 0 fully saturated rings. The zero-order valence-corrected chi connectivity index (χ0v) is 54.1. The molecular weight excluding hydrogens is 1050 g/mol. The number of ether oxygens (including phenoxy) is 3. The molecule has 0 saturated heterocycles. The highest BCUT2D eigenvalue weighted by atomic mass is 31.2. The summed E-state index contributed by atoms with van der Waals surface area (Å²) >= 11 is 0. The van der Waals surface area contributed by atoms with Crippen molar-refractivity contribution in [3.05, 3.63) is 60.8 Å². The van der Waals surface area contributed by atoms with Crippen LogP contribution < -0.4 is 0 Å². The molecule has 11 nitrogen and oxygen atoms in total. The van der Waals surface area contributed by atoms with Crippen LogP contribution in [0.25, 0.3) is 0 Å². The van der Waals surface area contributed by atoms with Crippen molar-refractivity contribution in [1.82, 2.24) is 0 Å². The van der Waals surface area contributed by atoms with E-state index in [-0.39, 0.29) is 25.9 Å². The summed E-state index contributed by atoms with van der Waals surface area (Å²) in [4.78, 5) is 48.8. The second-order valence-electron chi connectivity index (χ2n) is 23.0. The van der Waals surface area contributed by atoms with Crippen molar-refractivity contribution in [2.45, 2.75) is 341 Å². The van der Waals surface area contributed by atoms with Crippen LogP contribution >= 0.6 is 7.82 Å². The standard InChI is InChI=1S/C70H127O11P/c1-4-7-10-13-16-19-22-25-28-31-33-36-39-42-45-48-51-54-57-60-69(73)80-66(62-71)64-78-82(75,76)79-65-67(63-77-68(72)59-56-53-50-47-44-41-38-35-30-27-24-21-18-15-12-9-6-3)81-70(74)61-58-55-52-49-46-43-40-37-34-32-29-26-23-20-17-14-11-8-5-2/h8,11,17,20,26,29,34,37,43,46,66-67,71H,4-7,9-10,12-16,18-19,21-25,27-28,30-33,35-36,38-42,44-45,47-65H2,1-3H3,(H,75,76)/b11-8-,20-17-,29-26-,37-34-,46-43-. The lowest BCUT2D eigenvalue weighted by molar-refractivity contribution is -0.161. The number of hydrogen-bond donors (Lipinski definition) is 2. The maximum absolute atomic E-state index is 13.0. The molecular formula is C70H127O11P. The number of aliphatic hydroxyl groups excluding tert-OH is 1. The number of rotatable bonds is 64. The molecule has 478 valence electrons. The second kappa shape index (κ2) is 64.2. The Hall–Kier alpha value is -2.82. The van der Waals surface area contributed by atoms with Gasteiger partial charge >= 0.3 is 25.7 Å². The molecule has 2 N–H and O–H groups in total. The van der Waals surface area contributed by atoms with E-state index < -0.39 is 57.8 Å². The number of phosphoric acid groups is 1. The lowest BCUT2D eigenvalue weighted by Gasteiger charge is -2.21. The molecule has 0 aliphatic rings. The smallest absolute Gasteiger partial charge is 0.462 e. The predicted molar refractivity (Wildman–Crippen MR) is 344 cm³/mol. The van der Waals surface area contributed by atoms with Gasteiger partial charge in [0.1, 0.15) is 12.7 Å². The van der Waals surface area contributed by atoms with Crippen LogP contribution in [0.2, 0.25) is 0 Å². The third-order valence-electron chi connectivity index (χ3n) is 15.0. The van der Waals surface area contributed by atoms with Gasteiger partial charge in [0.25, 0.3) is 0 Å². The van der Waals surface area contributed by atoms with Gasteiger partial charge in [0.2, 0.25) is 0 Å². The quantitative estimate of drug-likeness (QED) is 0.0197. The minimum Gasteiger partial charge on any atom is -0.462 e. The first-order valence-corrected chi connectivity index (χ1v) is 35.7. The van der Waals surface area contributed by atoms with Gasteiger partial charge < -0.3 is 24.2 Å². The Labute approximate surface area is 504 Å². The van der Waals surface area contributed by atoms with E-state index in [0.29, 0.717) is 19.3 Å². The van der Waals surface area contributed by atoms with Crippen molar-refractivity contribution in [2.75, 3.05) is 26.4 Å². The lowest BCUT2D eigenvalue weighted by Crippen LogP contribution is -2.30. The summed E-state index contributed by atoms with van der Waals surface area (Å²) in [7, 11) is -4.76. The number of hydrogen-bond acceptors (Lipinski definition) is 10. The summed E-state index contributed by atoms with van der Waals surface area (Å²) in [6.45, 7) is 4.58. The highest BCUT2D eigenvalue weighted by molar-refractivity contribution is 7.47. The molecule has 0 aromatic rings. The molecule has 12 heteroatoms. The molecule has 3 unspecified atom stereocenters. The highest BCUT2D eigenvalue weighted by Gasteiger charge is 2.28. The van der Waals surface area contributed by atoms with E-state index in [1.165, 1.54) is 180 Å². The first kappa shape index (κ1) is 79.2. The first-order valence-electron chi connectivity index (χ1n) is 34.2. The molecule has 82 heavy (non-hydrogen) atoms. The highest BCUT2D eigenvalue weighted by Crippen LogP contribution is 2.43. The van der Waals surface area contributed by atoms with E-state index in [9.17, 15) is 28.9 Å². The number of aliphatic hydroxyl groups is 1. The molecule has 3 atom stereocenters. The number of allylic oxidation sites excluding steroid dienone is 10. The van der Waals surface area contributed by atoms with E-state index in [1.54, 1.807) is 0 Å². The topological polar surface area (TPSA) is 155 Å². The van der Waals surface area contributed by atoms with Crippen LogP contribution in [0, 0.1) is 0 Å². The van der Waals surface area contributed by atoms with Crippen molar-refractivity contribution >= 4 is 25.7 Å². The number of carbonyl (C=O) groups is 3. The molecule has 0 aliphatic carbocycles. The SMILES string of the molecule is CC/C=C\C/C=C\C/C=C\C/C=C\C/C=C\CCCCCC(=O)OC(COC(=O)CCCCCCCCCCCCCCCCCCC)COP(=O)(O)OCC(CO)OC(=O)CCCCCCCCCCCCCCCCCCCCC. The van der Waals surface area contributed by atoms with E-state index >= 15 is 0 Å². The van der Waals surface area contributed by atoms with Crippen LogP contribution in [0.4, 0.5) is 0 Å². The van der Waals surface area contributed by atoms with Crippen LogP contribution in [0.3, 0.4) is 0 Å². The predicted octanol–water partition coefficient (Wildman–Crippen LogP) is 21.0. The van der Waals surface area contributed by atoms with E-state index in [2.05, 4.69) is 81.5 Å². The fraction of sp³-hybridized carbons (Fsp3) is 0.814. The van der Waals surface area contributed by atoms with Crippen LogP contribution in [0.15, 0.2) is 60.8 Å². The number of esters is 3. The minimum absolute atomic E-state index is 0.131. The van der Waals surface area contributed by atoms with Crippen LogP contribution in [0.1, 0.15) is 329 Å². The molecule has 0 aromatic heterocycles. The van der Waals surface area contributed by atoms with Crippen molar-refractivity contribution in [3.63, 3.8) is 0 Å². The summed E-state index contributed by atoms with van der Waals surface area (Å²) < 4.78 is 39.8. The Balaban J connectivity index is 4.68. The third kappa shape index (κ3) is 61.7. The van der Waals surface area contributed by atoms with Crippen LogP contribution in [-0.2, 0) is 42.2 Å². The van der Waals surface area contributed by atoms with Crippen LogP contribution in [-0.4, -0.2) is 66.5 Å². The fourth-order valence-electron chi connectivity index (χ4n) is 9.80. The summed E-state index contributed by atoms with van der Waals surface area (Å²) in [5, 5.41) is 9.88. The molecule has 0 spiro atoms. The largest absolute Gasteiger partial charge is 0.472 e. The summed E-state index contributed by atoms with van der Waals surface area (Å²) in [5.41, 5.74) is 0. The van der Waals surface area contributed by atoms with Gasteiger partial charge in [-0.25, -0.2) is 4.57 Å². The van der Waals surface area contributed by atoms with Gasteiger partial charge in [-0.05, 0) is 64.2 Å². The Bertz CT molecular complexity index is 1610. The summed E-state index contributed by atoms with van der Waals surface area (Å²) in [5.74, 6) is -1.48. The molecule has 0 amide bonds. The monoisotopic (exact) mass is 1170 g/mol. The second-order valence-corrected chi connectivity index (χ2v) is 24.4. The summed E-state index contributed by atoms with van der Waals surface area (Å²) in [6.07, 6.45) is 73.2. The van der Waals surface area contributed by atoms with Gasteiger partial charge in [-0.1, -0.05) is 306 Å². The van der Waals surface area contributed by atoms with Gasteiger partial charge in [0, 0.05) is 19.3 Å². The Kier molecular flexibility index (Phi) is 62.0. The minimum atomic E-state index is -4.76. The normalized spacial score (nSPS) is 13.6. The van der Waals surface area contributed by atoms with Gasteiger partial charge in [-0.2, -0.15) is 0 Å². The molecule has 0 aromatic carbocycles. The number of carbonyl (C=O) groups excluding carboxylic acids is 3. The fourth-order valence-corrected chi connectivity index (χ4v) is 10.6. The average molecular weight is 1180 g/mol. The maximum atomic E-state index is 13.0. The average Bonchev–Trinajstić information content (AvgIpc) is 3.50. The Morgan fingerprint density at radius 2 is 0.634 bits per heavy atom. The van der Waals surface area contributed by atoms with Crippen LogP contribution in [0.5, 0.6) is 0 Å². The zero-order chi connectivity index (χ0) is 59.8. The Morgan fingerprint density at radius 1 is 0.354 bits per heavy atom. The molecule has 0 radical (unpaired) electrons. The van der Waals surface area contributed by atoms with Gasteiger partial charge in [0.15, 0.2) is 6.10 Å². The maximum Gasteiger partial charge on any atom is 0.472 e. The van der Waals surface area contributed by atoms with Crippen molar-refractivity contribution in [1.29, 1.82) is 0 Å². The Morgan fingerprint density at radius 3 is 0.976 bits per heavy atom. The molecule has 0 bridgehead atoms. The third-order valence-corrected chi connectivity index (χ3v) is 15.9. The molecule has 0 aliphatic heterocycles. The van der Waals surface area contributed by atoms with Gasteiger partial charge in [0.05, 0.1) is 19.8 Å². The lowest BCUT2D eigenvalue weighted by atomic mass is 10.0. The first-order chi connectivity index (χ1) is 40.2.